The second-order valence-corrected chi connectivity index (χ2v) is 5.78. The molecule has 0 amide bonds. The molecule has 0 bridgehead atoms. The van der Waals surface area contributed by atoms with Crippen LogP contribution in [0.15, 0.2) is 35.7 Å². The van der Waals surface area contributed by atoms with Crippen LogP contribution >= 0.6 is 11.3 Å². The molecule has 0 spiro atoms. The molecule has 2 heterocycles. The standard InChI is InChI=1S/C15H10F2N4O3S/c16-10-4-3-9(6-11(10)17)12(22)8-24-14(23)7-21-19-15(18-20-21)13-2-1-5-25-13/h1-6H,7-8H2. The lowest BCUT2D eigenvalue weighted by molar-refractivity contribution is -0.143. The lowest BCUT2D eigenvalue weighted by atomic mass is 10.1. The Bertz CT molecular complexity index is 911. The smallest absolute Gasteiger partial charge is 0.330 e. The number of carbonyl (C=O) groups is 2. The van der Waals surface area contributed by atoms with E-state index in [-0.39, 0.29) is 12.1 Å². The lowest BCUT2D eigenvalue weighted by Gasteiger charge is -2.04. The Kier molecular flexibility index (Phi) is 4.89. The molecule has 2 aromatic heterocycles. The number of thiophene rings is 1. The van der Waals surface area contributed by atoms with Crippen molar-refractivity contribution in [2.24, 2.45) is 0 Å². The first-order valence-electron chi connectivity index (χ1n) is 6.98. The van der Waals surface area contributed by atoms with Crippen LogP contribution in [0, 0.1) is 11.6 Å². The first-order valence-corrected chi connectivity index (χ1v) is 7.86. The number of hydrogen-bond acceptors (Lipinski definition) is 7. The van der Waals surface area contributed by atoms with E-state index < -0.39 is 30.0 Å². The maximum atomic E-state index is 13.1. The van der Waals surface area contributed by atoms with Crippen molar-refractivity contribution in [3.05, 3.63) is 52.9 Å². The molecule has 0 saturated heterocycles. The molecule has 0 fully saturated rings. The highest BCUT2D eigenvalue weighted by Gasteiger charge is 2.14. The summed E-state index contributed by atoms with van der Waals surface area (Å²) in [6, 6.07) is 6.33. The van der Waals surface area contributed by atoms with Crippen molar-refractivity contribution in [1.29, 1.82) is 0 Å². The van der Waals surface area contributed by atoms with E-state index in [1.165, 1.54) is 11.3 Å². The van der Waals surface area contributed by atoms with Gasteiger partial charge in [0.2, 0.25) is 5.82 Å². The van der Waals surface area contributed by atoms with Crippen molar-refractivity contribution in [2.75, 3.05) is 6.61 Å². The van der Waals surface area contributed by atoms with E-state index >= 15 is 0 Å². The van der Waals surface area contributed by atoms with Gasteiger partial charge in [0.25, 0.3) is 0 Å². The van der Waals surface area contributed by atoms with Gasteiger partial charge in [-0.15, -0.1) is 21.5 Å². The number of benzene rings is 1. The molecule has 0 N–H and O–H groups in total. The van der Waals surface area contributed by atoms with Crippen LogP contribution < -0.4 is 0 Å². The summed E-state index contributed by atoms with van der Waals surface area (Å²) in [5.74, 6) is -3.25. The van der Waals surface area contributed by atoms with Crippen LogP contribution in [-0.4, -0.2) is 38.6 Å². The van der Waals surface area contributed by atoms with Crippen LogP contribution in [0.1, 0.15) is 10.4 Å². The van der Waals surface area contributed by atoms with Gasteiger partial charge in [0, 0.05) is 5.56 Å². The molecule has 25 heavy (non-hydrogen) atoms. The van der Waals surface area contributed by atoms with Crippen molar-refractivity contribution < 1.29 is 23.1 Å². The largest absolute Gasteiger partial charge is 0.456 e. The van der Waals surface area contributed by atoms with Gasteiger partial charge in [0.05, 0.1) is 4.88 Å². The van der Waals surface area contributed by atoms with Gasteiger partial charge in [-0.1, -0.05) is 6.07 Å². The highest BCUT2D eigenvalue weighted by Crippen LogP contribution is 2.19. The van der Waals surface area contributed by atoms with Gasteiger partial charge < -0.3 is 4.74 Å². The summed E-state index contributed by atoms with van der Waals surface area (Å²) in [6.45, 7) is -0.931. The minimum Gasteiger partial charge on any atom is -0.456 e. The average molecular weight is 364 g/mol. The molecule has 0 atom stereocenters. The number of hydrogen-bond donors (Lipinski definition) is 0. The fourth-order valence-electron chi connectivity index (χ4n) is 1.87. The molecular formula is C15H10F2N4O3S. The molecule has 0 aliphatic carbocycles. The summed E-state index contributed by atoms with van der Waals surface area (Å²) >= 11 is 1.43. The van der Waals surface area contributed by atoms with Crippen LogP contribution in [0.4, 0.5) is 8.78 Å². The maximum absolute atomic E-state index is 13.1. The fourth-order valence-corrected chi connectivity index (χ4v) is 2.52. The second kappa shape index (κ2) is 7.26. The average Bonchev–Trinajstić information content (AvgIpc) is 3.26. The topological polar surface area (TPSA) is 87.0 Å². The summed E-state index contributed by atoms with van der Waals surface area (Å²) in [6.07, 6.45) is 0. The van der Waals surface area contributed by atoms with Gasteiger partial charge in [0.1, 0.15) is 0 Å². The number of halogens is 2. The Hall–Kier alpha value is -3.01. The molecule has 7 nitrogen and oxygen atoms in total. The van der Waals surface area contributed by atoms with Gasteiger partial charge in [-0.3, -0.25) is 4.79 Å². The Morgan fingerprint density at radius 1 is 1.20 bits per heavy atom. The summed E-state index contributed by atoms with van der Waals surface area (Å²) in [4.78, 5) is 25.4. The van der Waals surface area contributed by atoms with E-state index in [0.717, 1.165) is 27.9 Å². The predicted molar refractivity (Wildman–Crippen MR) is 82.8 cm³/mol. The van der Waals surface area contributed by atoms with Crippen molar-refractivity contribution in [2.45, 2.75) is 6.54 Å². The van der Waals surface area contributed by atoms with Crippen LogP contribution in [0.2, 0.25) is 0 Å². The number of Topliss-reactive ketones (excluding diaryl/α,β-unsaturated/α-hetero) is 1. The highest BCUT2D eigenvalue weighted by molar-refractivity contribution is 7.13. The van der Waals surface area contributed by atoms with Crippen LogP contribution in [0.3, 0.4) is 0 Å². The number of ketones is 1. The van der Waals surface area contributed by atoms with E-state index in [2.05, 4.69) is 15.4 Å². The highest BCUT2D eigenvalue weighted by atomic mass is 32.1. The van der Waals surface area contributed by atoms with Crippen molar-refractivity contribution in [3.8, 4) is 10.7 Å². The Morgan fingerprint density at radius 3 is 2.76 bits per heavy atom. The zero-order valence-corrected chi connectivity index (χ0v) is 13.4. The third-order valence-electron chi connectivity index (χ3n) is 3.07. The van der Waals surface area contributed by atoms with Crippen molar-refractivity contribution >= 4 is 23.1 Å². The van der Waals surface area contributed by atoms with Gasteiger partial charge >= 0.3 is 5.97 Å². The number of tetrazole rings is 1. The predicted octanol–water partition coefficient (Wildman–Crippen LogP) is 2.11. The Balaban J connectivity index is 1.54. The number of nitrogens with zero attached hydrogens (tertiary/aromatic N) is 4. The van der Waals surface area contributed by atoms with Gasteiger partial charge in [-0.05, 0) is 34.9 Å². The summed E-state index contributed by atoms with van der Waals surface area (Å²) < 4.78 is 30.7. The molecule has 0 aliphatic heterocycles. The van der Waals surface area contributed by atoms with E-state index in [9.17, 15) is 18.4 Å². The van der Waals surface area contributed by atoms with Gasteiger partial charge in [-0.2, -0.15) is 4.80 Å². The molecule has 1 aromatic carbocycles. The minimum absolute atomic E-state index is 0.0921. The zero-order valence-electron chi connectivity index (χ0n) is 12.6. The summed E-state index contributed by atoms with van der Waals surface area (Å²) in [5, 5.41) is 13.4. The minimum atomic E-state index is -1.15. The monoisotopic (exact) mass is 364 g/mol. The van der Waals surface area contributed by atoms with Crippen LogP contribution in [0.5, 0.6) is 0 Å². The van der Waals surface area contributed by atoms with Gasteiger partial charge in [0.15, 0.2) is 30.6 Å². The van der Waals surface area contributed by atoms with Crippen LogP contribution in [0.25, 0.3) is 10.7 Å². The SMILES string of the molecule is O=C(Cn1nnc(-c2cccs2)n1)OCC(=O)c1ccc(F)c(F)c1. The molecule has 0 saturated carbocycles. The normalized spacial score (nSPS) is 10.6. The quantitative estimate of drug-likeness (QED) is 0.492. The van der Waals surface area contributed by atoms with Crippen molar-refractivity contribution in [3.63, 3.8) is 0 Å². The van der Waals surface area contributed by atoms with Gasteiger partial charge in [-0.25, -0.2) is 13.6 Å². The van der Waals surface area contributed by atoms with Crippen LogP contribution in [-0.2, 0) is 16.1 Å². The number of rotatable bonds is 6. The molecule has 3 rings (SSSR count). The first-order chi connectivity index (χ1) is 12.0. The number of esters is 1. The zero-order chi connectivity index (χ0) is 17.8. The Morgan fingerprint density at radius 2 is 2.04 bits per heavy atom. The molecule has 128 valence electrons. The molecule has 3 aromatic rings. The van der Waals surface area contributed by atoms with E-state index in [1.54, 1.807) is 0 Å². The van der Waals surface area contributed by atoms with Crippen molar-refractivity contribution in [1.82, 2.24) is 20.2 Å². The molecule has 0 radical (unpaired) electrons. The molecule has 0 aliphatic rings. The molecular weight excluding hydrogens is 354 g/mol. The maximum Gasteiger partial charge on any atom is 0.330 e. The first kappa shape index (κ1) is 16.8. The number of ether oxygens (including phenoxy) is 1. The molecule has 10 heteroatoms. The van der Waals surface area contributed by atoms with E-state index in [4.69, 9.17) is 4.74 Å². The van der Waals surface area contributed by atoms with E-state index in [0.29, 0.717) is 5.82 Å². The fraction of sp³-hybridized carbons (Fsp3) is 0.133. The number of carbonyl (C=O) groups excluding carboxylic acids is 2. The third kappa shape index (κ3) is 4.10. The lowest BCUT2D eigenvalue weighted by Crippen LogP contribution is -2.20. The summed E-state index contributed by atoms with van der Waals surface area (Å²) in [5.41, 5.74) is -0.0921. The third-order valence-corrected chi connectivity index (χ3v) is 3.94. The number of aromatic nitrogens is 4. The second-order valence-electron chi connectivity index (χ2n) is 4.83. The Labute approximate surface area is 143 Å². The summed E-state index contributed by atoms with van der Waals surface area (Å²) in [7, 11) is 0. The van der Waals surface area contributed by atoms with E-state index in [1.807, 2.05) is 17.5 Å². The molecule has 0 unspecified atom stereocenters.